The summed E-state index contributed by atoms with van der Waals surface area (Å²) < 4.78 is 5.85. The quantitative estimate of drug-likeness (QED) is 0.863. The minimum absolute atomic E-state index is 0.260. The summed E-state index contributed by atoms with van der Waals surface area (Å²) in [5.74, 6) is 0. The summed E-state index contributed by atoms with van der Waals surface area (Å²) in [6.45, 7) is 4.96. The van der Waals surface area contributed by atoms with Gasteiger partial charge in [0.05, 0.1) is 0 Å². The number of ether oxygens (including phenoxy) is 1. The number of piperidine rings is 1. The van der Waals surface area contributed by atoms with Gasteiger partial charge in [0.15, 0.2) is 0 Å². The zero-order valence-electron chi connectivity index (χ0n) is 11.4. The van der Waals surface area contributed by atoms with Crippen molar-refractivity contribution in [1.82, 2.24) is 20.2 Å². The van der Waals surface area contributed by atoms with Crippen LogP contribution in [-0.2, 0) is 6.54 Å². The predicted octanol–water partition coefficient (Wildman–Crippen LogP) is 0.977. The van der Waals surface area contributed by atoms with E-state index in [4.69, 9.17) is 4.74 Å². The Hall–Kier alpha value is -1.20. The molecule has 0 aromatic carbocycles. The van der Waals surface area contributed by atoms with Crippen LogP contribution in [0.15, 0.2) is 6.20 Å². The molecule has 1 N–H and O–H groups in total. The lowest BCUT2D eigenvalue weighted by molar-refractivity contribution is 0.105. The highest BCUT2D eigenvalue weighted by molar-refractivity contribution is 5.17. The Labute approximate surface area is 109 Å². The van der Waals surface area contributed by atoms with Gasteiger partial charge in [-0.15, -0.1) is 0 Å². The molecule has 1 saturated heterocycles. The third kappa shape index (κ3) is 3.40. The first kappa shape index (κ1) is 13.2. The number of hydrogen-bond donors (Lipinski definition) is 1. The first-order chi connectivity index (χ1) is 8.69. The van der Waals surface area contributed by atoms with Gasteiger partial charge in [-0.2, -0.15) is 0 Å². The van der Waals surface area contributed by atoms with Gasteiger partial charge in [-0.1, -0.05) is 0 Å². The van der Waals surface area contributed by atoms with E-state index in [0.717, 1.165) is 43.7 Å². The number of likely N-dealkylation sites (tertiary alicyclic amines) is 1. The fraction of sp³-hybridized carbons (Fsp3) is 0.692. The van der Waals surface area contributed by atoms with E-state index in [0.29, 0.717) is 6.01 Å². The molecule has 2 rings (SSSR count). The summed E-state index contributed by atoms with van der Waals surface area (Å²) in [6, 6.07) is 0.516. The van der Waals surface area contributed by atoms with Crippen molar-refractivity contribution >= 4 is 0 Å². The van der Waals surface area contributed by atoms with Crippen LogP contribution in [0.25, 0.3) is 0 Å². The topological polar surface area (TPSA) is 50.3 Å². The third-order valence-corrected chi connectivity index (χ3v) is 3.36. The van der Waals surface area contributed by atoms with E-state index in [1.54, 1.807) is 0 Å². The smallest absolute Gasteiger partial charge is 0.316 e. The summed E-state index contributed by atoms with van der Waals surface area (Å²) in [4.78, 5) is 11.0. The van der Waals surface area contributed by atoms with Gasteiger partial charge in [0.2, 0.25) is 0 Å². The van der Waals surface area contributed by atoms with Crippen molar-refractivity contribution in [2.45, 2.75) is 32.4 Å². The Balaban J connectivity index is 1.95. The van der Waals surface area contributed by atoms with Crippen LogP contribution in [0.5, 0.6) is 6.01 Å². The van der Waals surface area contributed by atoms with Crippen molar-refractivity contribution in [3.63, 3.8) is 0 Å². The van der Waals surface area contributed by atoms with Crippen LogP contribution in [0.2, 0.25) is 0 Å². The van der Waals surface area contributed by atoms with E-state index in [1.807, 2.05) is 20.2 Å². The van der Waals surface area contributed by atoms with Crippen LogP contribution in [0.4, 0.5) is 0 Å². The van der Waals surface area contributed by atoms with E-state index < -0.39 is 0 Å². The minimum atomic E-state index is 0.260. The summed E-state index contributed by atoms with van der Waals surface area (Å²) in [5, 5.41) is 3.10. The maximum atomic E-state index is 5.85. The van der Waals surface area contributed by atoms with Gasteiger partial charge < -0.3 is 15.0 Å². The second-order valence-corrected chi connectivity index (χ2v) is 4.91. The van der Waals surface area contributed by atoms with Crippen LogP contribution in [0.1, 0.15) is 24.1 Å². The first-order valence-electron chi connectivity index (χ1n) is 6.51. The average molecular weight is 250 g/mol. The Kier molecular flexibility index (Phi) is 4.49. The molecule has 1 aliphatic heterocycles. The number of aryl methyl sites for hydroxylation is 1. The second-order valence-electron chi connectivity index (χ2n) is 4.91. The molecular weight excluding hydrogens is 228 g/mol. The van der Waals surface area contributed by atoms with Crippen molar-refractivity contribution in [2.75, 3.05) is 27.2 Å². The molecule has 1 aliphatic rings. The molecule has 18 heavy (non-hydrogen) atoms. The number of nitrogens with one attached hydrogen (secondary N) is 1. The summed E-state index contributed by atoms with van der Waals surface area (Å²) in [7, 11) is 4.06. The summed E-state index contributed by atoms with van der Waals surface area (Å²) in [5.41, 5.74) is 2.11. The molecule has 0 aliphatic carbocycles. The Morgan fingerprint density at radius 2 is 2.17 bits per heavy atom. The molecule has 0 bridgehead atoms. The molecule has 0 unspecified atom stereocenters. The monoisotopic (exact) mass is 250 g/mol. The molecule has 1 fully saturated rings. The lowest BCUT2D eigenvalue weighted by atomic mass is 10.1. The molecule has 0 atom stereocenters. The van der Waals surface area contributed by atoms with Gasteiger partial charge in [-0.3, -0.25) is 0 Å². The predicted molar refractivity (Wildman–Crippen MR) is 70.7 cm³/mol. The van der Waals surface area contributed by atoms with Crippen LogP contribution < -0.4 is 10.1 Å². The van der Waals surface area contributed by atoms with E-state index in [1.165, 1.54) is 0 Å². The van der Waals surface area contributed by atoms with Gasteiger partial charge in [-0.05, 0) is 33.9 Å². The second kappa shape index (κ2) is 6.11. The number of hydrogen-bond acceptors (Lipinski definition) is 5. The Morgan fingerprint density at radius 3 is 2.78 bits per heavy atom. The lowest BCUT2D eigenvalue weighted by Crippen LogP contribution is -2.36. The SMILES string of the molecule is CNCc1cnc(OC2CCN(C)CC2)nc1C. The van der Waals surface area contributed by atoms with Crippen LogP contribution >= 0.6 is 0 Å². The normalized spacial score (nSPS) is 17.9. The molecule has 1 aromatic heterocycles. The Morgan fingerprint density at radius 1 is 1.44 bits per heavy atom. The lowest BCUT2D eigenvalue weighted by Gasteiger charge is -2.28. The van der Waals surface area contributed by atoms with Gasteiger partial charge in [-0.25, -0.2) is 9.97 Å². The molecule has 5 nitrogen and oxygen atoms in total. The highest BCUT2D eigenvalue weighted by Crippen LogP contribution is 2.16. The van der Waals surface area contributed by atoms with Gasteiger partial charge in [0, 0.05) is 37.1 Å². The Bertz CT molecular complexity index is 389. The van der Waals surface area contributed by atoms with E-state index in [-0.39, 0.29) is 6.10 Å². The average Bonchev–Trinajstić information content (AvgIpc) is 2.36. The van der Waals surface area contributed by atoms with Crippen molar-refractivity contribution in [1.29, 1.82) is 0 Å². The number of nitrogens with zero attached hydrogens (tertiary/aromatic N) is 3. The maximum Gasteiger partial charge on any atom is 0.316 e. The molecule has 5 heteroatoms. The molecule has 0 saturated carbocycles. The molecule has 0 spiro atoms. The molecule has 0 radical (unpaired) electrons. The third-order valence-electron chi connectivity index (χ3n) is 3.36. The molecule has 2 heterocycles. The van der Waals surface area contributed by atoms with Gasteiger partial charge in [0.25, 0.3) is 0 Å². The fourth-order valence-electron chi connectivity index (χ4n) is 2.14. The van der Waals surface area contributed by atoms with Gasteiger partial charge >= 0.3 is 6.01 Å². The summed E-state index contributed by atoms with van der Waals surface area (Å²) >= 11 is 0. The minimum Gasteiger partial charge on any atom is -0.460 e. The van der Waals surface area contributed by atoms with E-state index >= 15 is 0 Å². The highest BCUT2D eigenvalue weighted by Gasteiger charge is 2.19. The fourth-order valence-corrected chi connectivity index (χ4v) is 2.14. The summed E-state index contributed by atoms with van der Waals surface area (Å²) in [6.07, 6.45) is 4.22. The van der Waals surface area contributed by atoms with Gasteiger partial charge in [0.1, 0.15) is 6.10 Å². The zero-order valence-corrected chi connectivity index (χ0v) is 11.4. The highest BCUT2D eigenvalue weighted by atomic mass is 16.5. The van der Waals surface area contributed by atoms with E-state index in [2.05, 4.69) is 27.2 Å². The van der Waals surface area contributed by atoms with Crippen molar-refractivity contribution < 1.29 is 4.74 Å². The standard InChI is InChI=1S/C13H22N4O/c1-10-11(8-14-2)9-15-13(16-10)18-12-4-6-17(3)7-5-12/h9,12,14H,4-8H2,1-3H3. The van der Waals surface area contributed by atoms with Crippen LogP contribution in [0, 0.1) is 6.92 Å². The van der Waals surface area contributed by atoms with Crippen molar-refractivity contribution in [2.24, 2.45) is 0 Å². The largest absolute Gasteiger partial charge is 0.460 e. The zero-order chi connectivity index (χ0) is 13.0. The molecular formula is C13H22N4O. The molecule has 0 amide bonds. The van der Waals surface area contributed by atoms with Crippen molar-refractivity contribution in [3.8, 4) is 6.01 Å². The van der Waals surface area contributed by atoms with E-state index in [9.17, 15) is 0 Å². The molecule has 100 valence electrons. The van der Waals surface area contributed by atoms with Crippen molar-refractivity contribution in [3.05, 3.63) is 17.5 Å². The first-order valence-corrected chi connectivity index (χ1v) is 6.51. The molecule has 1 aromatic rings. The van der Waals surface area contributed by atoms with Crippen LogP contribution in [0.3, 0.4) is 0 Å². The maximum absolute atomic E-state index is 5.85. The van der Waals surface area contributed by atoms with Crippen LogP contribution in [-0.4, -0.2) is 48.2 Å². The number of rotatable bonds is 4. The number of aromatic nitrogens is 2.